The average molecular weight is 1050 g/mol. The number of piperidine rings is 1. The van der Waals surface area contributed by atoms with Gasteiger partial charge in [0.15, 0.2) is 8.32 Å². The summed E-state index contributed by atoms with van der Waals surface area (Å²) in [4.78, 5) is 60.2. The summed E-state index contributed by atoms with van der Waals surface area (Å²) in [6, 6.07) is -0.681. The van der Waals surface area contributed by atoms with Crippen molar-refractivity contribution in [3.8, 4) is 11.5 Å². The number of likely N-dealkylation sites (tertiary alicyclic amines) is 2. The fraction of sp³-hybridized carbons (Fsp3) is 0.808. The number of hydrogen-bond acceptors (Lipinski definition) is 8. The number of hydrogen-bond donors (Lipinski definition) is 0. The molecule has 2 saturated heterocycles. The molecule has 2 amide bonds. The van der Waals surface area contributed by atoms with Gasteiger partial charge in [0.05, 0.1) is 0 Å². The van der Waals surface area contributed by atoms with E-state index in [4.69, 9.17) is 18.6 Å². The van der Waals surface area contributed by atoms with E-state index >= 15 is 4.79 Å². The van der Waals surface area contributed by atoms with Crippen LogP contribution in [0.2, 0.25) is 51.1 Å². The van der Waals surface area contributed by atoms with Crippen molar-refractivity contribution in [1.29, 1.82) is 0 Å². The van der Waals surface area contributed by atoms with Gasteiger partial charge < -0.3 is 13.9 Å². The Kier molecular flexibility index (Phi) is 21.5. The van der Waals surface area contributed by atoms with Crippen LogP contribution in [0.15, 0.2) is 22.3 Å². The van der Waals surface area contributed by atoms with Crippen LogP contribution in [0.25, 0.3) is 0 Å². The number of rotatable bonds is 23. The molecule has 370 valence electrons. The van der Waals surface area contributed by atoms with E-state index in [1.165, 1.54) is 65.7 Å². The second kappa shape index (κ2) is 24.5. The van der Waals surface area contributed by atoms with Crippen molar-refractivity contribution >= 4 is 58.7 Å². The Bertz CT molecular complexity index is 1700. The van der Waals surface area contributed by atoms with E-state index in [1.54, 1.807) is 4.90 Å². The summed E-state index contributed by atoms with van der Waals surface area (Å²) in [6.07, 6.45) is 15.2. The maximum atomic E-state index is 15.3. The fourth-order valence-corrected chi connectivity index (χ4v) is 26.4. The monoisotopic (exact) mass is 1050 g/mol. The van der Waals surface area contributed by atoms with Gasteiger partial charge in [0.25, 0.3) is 0 Å². The third kappa shape index (κ3) is 15.5. The van der Waals surface area contributed by atoms with E-state index < -0.39 is 88.1 Å². The van der Waals surface area contributed by atoms with Crippen LogP contribution in [0, 0.1) is 29.2 Å². The molecule has 0 N–H and O–H groups in total. The van der Waals surface area contributed by atoms with Gasteiger partial charge in [0.1, 0.15) is 13.7 Å². The first kappa shape index (κ1) is 57.2. The zero-order valence-electron chi connectivity index (χ0n) is 44.0. The van der Waals surface area contributed by atoms with E-state index in [0.29, 0.717) is 39.0 Å². The third-order valence-electron chi connectivity index (χ3n) is 14.4. The van der Waals surface area contributed by atoms with Crippen LogP contribution in [0.3, 0.4) is 0 Å². The number of allylic oxidation sites excluding steroid dienone is 3. The van der Waals surface area contributed by atoms with Crippen LogP contribution >= 0.6 is 0 Å². The zero-order valence-corrected chi connectivity index (χ0v) is 48.8. The summed E-state index contributed by atoms with van der Waals surface area (Å²) >= 11 is -2.38. The Balaban J connectivity index is 2.20. The summed E-state index contributed by atoms with van der Waals surface area (Å²) < 4.78 is 32.8. The molecule has 13 heteroatoms. The molecule has 3 aliphatic rings. The summed E-state index contributed by atoms with van der Waals surface area (Å²) in [6.45, 7) is 33.6. The molecule has 1 unspecified atom stereocenters. The number of carbonyl (C=O) groups excluding carboxylic acids is 4. The zero-order chi connectivity index (χ0) is 49.0. The Morgan fingerprint density at radius 1 is 0.862 bits per heavy atom. The van der Waals surface area contributed by atoms with Crippen LogP contribution in [0.4, 0.5) is 4.79 Å². The molecule has 0 radical (unpaired) electrons. The molecular weight excluding hydrogens is 955 g/mol. The van der Waals surface area contributed by atoms with Crippen LogP contribution in [-0.2, 0) is 33.0 Å². The van der Waals surface area contributed by atoms with E-state index in [9.17, 15) is 14.4 Å². The van der Waals surface area contributed by atoms with Crippen molar-refractivity contribution < 1.29 is 37.8 Å². The van der Waals surface area contributed by atoms with Crippen molar-refractivity contribution in [1.82, 2.24) is 9.80 Å². The van der Waals surface area contributed by atoms with Gasteiger partial charge >= 0.3 is 237 Å². The SMILES string of the molecule is CCC[CH2][Sn](/[CH]=C\C/C=C\CCCN1C(=O)C2C[C@@H](CO[Si](C)(C)C(C)(C)C)[C@H]3N(C(=O)OC(C)(C)C)CC[C@H]2[C@]31[C@H](OC(C)=O)[C@H](C#C[Si](C)(C)C)OC(C)=O)([CH2]CCC)[CH2]CCC. The van der Waals surface area contributed by atoms with Crippen LogP contribution in [0.1, 0.15) is 147 Å². The molecule has 0 spiro atoms. The molecule has 4 bridgehead atoms. The molecule has 65 heavy (non-hydrogen) atoms. The number of nitrogens with zero attached hydrogens (tertiary/aromatic N) is 2. The minimum absolute atomic E-state index is 0.0141. The first-order valence-corrected chi connectivity index (χ1v) is 39.5. The molecule has 2 aliphatic heterocycles. The topological polar surface area (TPSA) is 112 Å². The van der Waals surface area contributed by atoms with Crippen molar-refractivity contribution in [2.75, 3.05) is 19.7 Å². The van der Waals surface area contributed by atoms with Crippen LogP contribution < -0.4 is 0 Å². The average Bonchev–Trinajstić information content (AvgIpc) is 3.35. The predicted molar refractivity (Wildman–Crippen MR) is 273 cm³/mol. The van der Waals surface area contributed by atoms with Gasteiger partial charge in [-0.05, 0) is 38.9 Å². The van der Waals surface area contributed by atoms with Crippen LogP contribution in [0.5, 0.6) is 0 Å². The molecule has 0 aromatic heterocycles. The molecule has 3 rings (SSSR count). The number of ether oxygens (including phenoxy) is 3. The first-order valence-electron chi connectivity index (χ1n) is 25.3. The summed E-state index contributed by atoms with van der Waals surface area (Å²) in [5.74, 6) is 1.12. The van der Waals surface area contributed by atoms with Gasteiger partial charge in [-0.25, -0.2) is 4.79 Å². The summed E-state index contributed by atoms with van der Waals surface area (Å²) in [5.41, 5.74) is 1.33. The Labute approximate surface area is 402 Å². The van der Waals surface area contributed by atoms with E-state index in [2.05, 4.69) is 108 Å². The molecular formula is C52H92N2O8Si2Sn. The number of amides is 2. The molecule has 3 fully saturated rings. The molecule has 0 aromatic rings. The second-order valence-electron chi connectivity index (χ2n) is 23.1. The van der Waals surface area contributed by atoms with Crippen molar-refractivity contribution in [2.24, 2.45) is 17.8 Å². The third-order valence-corrected chi connectivity index (χ3v) is 34.0. The maximum absolute atomic E-state index is 15.3. The van der Waals surface area contributed by atoms with E-state index in [1.807, 2.05) is 25.7 Å². The Morgan fingerprint density at radius 3 is 1.95 bits per heavy atom. The summed E-state index contributed by atoms with van der Waals surface area (Å²) in [7, 11) is -4.38. The molecule has 2 heterocycles. The Morgan fingerprint density at radius 2 is 1.45 bits per heavy atom. The van der Waals surface area contributed by atoms with E-state index in [0.717, 1.165) is 12.8 Å². The van der Waals surface area contributed by atoms with Crippen molar-refractivity contribution in [2.45, 2.75) is 227 Å². The van der Waals surface area contributed by atoms with E-state index in [-0.39, 0.29) is 22.8 Å². The summed E-state index contributed by atoms with van der Waals surface area (Å²) in [5, 5.41) is -0.0815. The standard InChI is InChI=1S/C40H65N2O8Si2.3C4H9.Sn/c1-15-16-17-18-19-20-23-42-36(45)31-26-30(27-47-52(13,14)39(7,8)9)34-40(42,32(31)21-24-41(34)37(46)50-38(4,5)6)35(49-29(3)44)33(48-28(2)43)22-25-51(10,11)12;3*1-3-4-2;/h1,15,17-18,30-35H,16,19-21,23-24,26-27H2,2-14H3;3*1,3-4H2,2H3;/b15-1?,18-17-;;;;/t30-,31?,32+,33-,34+,35+,40+;;;;/m0..../s1. The number of carbonyl (C=O) groups is 4. The van der Waals surface area contributed by atoms with Gasteiger partial charge in [-0.15, -0.1) is 5.54 Å². The van der Waals surface area contributed by atoms with Gasteiger partial charge in [0, 0.05) is 27.0 Å². The minimum atomic E-state index is -2.38. The molecule has 0 aromatic carbocycles. The predicted octanol–water partition coefficient (Wildman–Crippen LogP) is 12.3. The van der Waals surface area contributed by atoms with Gasteiger partial charge in [-0.2, -0.15) is 0 Å². The Hall–Kier alpha value is -2.09. The normalized spacial score (nSPS) is 23.7. The van der Waals surface area contributed by atoms with Gasteiger partial charge in [-0.3, -0.25) is 9.59 Å². The van der Waals surface area contributed by atoms with Crippen LogP contribution in [-0.4, -0.2) is 118 Å². The molecule has 10 nitrogen and oxygen atoms in total. The first-order chi connectivity index (χ1) is 30.2. The van der Waals surface area contributed by atoms with Gasteiger partial charge in [-0.1, -0.05) is 46.3 Å². The number of esters is 2. The quantitative estimate of drug-likeness (QED) is 0.0248. The molecule has 1 aliphatic carbocycles. The fourth-order valence-electron chi connectivity index (χ4n) is 10.4. The van der Waals surface area contributed by atoms with Crippen molar-refractivity contribution in [3.05, 3.63) is 22.3 Å². The molecule has 1 saturated carbocycles. The van der Waals surface area contributed by atoms with Gasteiger partial charge in [0.2, 0.25) is 0 Å². The number of unbranched alkanes of at least 4 members (excludes halogenated alkanes) is 4. The molecule has 7 atom stereocenters. The van der Waals surface area contributed by atoms with Crippen molar-refractivity contribution in [3.63, 3.8) is 0 Å². The second-order valence-corrected chi connectivity index (χ2v) is 45.6.